The Labute approximate surface area is 145 Å². The smallest absolute Gasteiger partial charge is 0.238 e. The molecule has 24 heavy (non-hydrogen) atoms. The molecule has 1 aliphatic rings. The number of piperidine rings is 1. The number of carbonyl (C=O) groups excluding carboxylic acids is 1. The summed E-state index contributed by atoms with van der Waals surface area (Å²) in [5, 5.41) is 11.8. The van der Waals surface area contributed by atoms with E-state index in [9.17, 15) is 4.79 Å². The molecule has 1 aromatic carbocycles. The summed E-state index contributed by atoms with van der Waals surface area (Å²) >= 11 is 0. The third kappa shape index (κ3) is 5.58. The van der Waals surface area contributed by atoms with Crippen molar-refractivity contribution in [1.82, 2.24) is 4.90 Å². The molecule has 0 saturated carbocycles. The van der Waals surface area contributed by atoms with Gasteiger partial charge in [0.2, 0.25) is 5.91 Å². The molecule has 1 fully saturated rings. The normalized spacial score (nSPS) is 16.3. The van der Waals surface area contributed by atoms with E-state index >= 15 is 0 Å². The van der Waals surface area contributed by atoms with E-state index in [0.29, 0.717) is 19.6 Å². The molecule has 0 aromatic heterocycles. The summed E-state index contributed by atoms with van der Waals surface area (Å²) in [6, 6.07) is 4.19. The number of benzene rings is 1. The lowest BCUT2D eigenvalue weighted by molar-refractivity contribution is -0.118. The second-order valence-electron chi connectivity index (χ2n) is 6.75. The van der Waals surface area contributed by atoms with Gasteiger partial charge in [-0.05, 0) is 51.2 Å². The molecule has 0 bridgehead atoms. The van der Waals surface area contributed by atoms with E-state index in [2.05, 4.69) is 29.3 Å². The van der Waals surface area contributed by atoms with Gasteiger partial charge in [-0.2, -0.15) is 0 Å². The van der Waals surface area contributed by atoms with Crippen LogP contribution in [0.15, 0.2) is 12.1 Å². The maximum absolute atomic E-state index is 12.4. The van der Waals surface area contributed by atoms with E-state index in [1.54, 1.807) is 0 Å². The van der Waals surface area contributed by atoms with Crippen molar-refractivity contribution >= 4 is 11.6 Å². The molecule has 0 unspecified atom stereocenters. The highest BCUT2D eigenvalue weighted by Gasteiger charge is 2.21. The van der Waals surface area contributed by atoms with Crippen LogP contribution in [0.4, 0.5) is 5.69 Å². The van der Waals surface area contributed by atoms with Gasteiger partial charge in [0.25, 0.3) is 0 Å². The largest absolute Gasteiger partial charge is 0.396 e. The number of ether oxygens (including phenoxy) is 1. The summed E-state index contributed by atoms with van der Waals surface area (Å²) in [6.07, 6.45) is 2.85. The second kappa shape index (κ2) is 9.16. The summed E-state index contributed by atoms with van der Waals surface area (Å²) in [5.41, 5.74) is 4.37. The highest BCUT2D eigenvalue weighted by atomic mass is 16.5. The number of rotatable bonds is 7. The molecule has 1 aromatic rings. The maximum atomic E-state index is 12.4. The van der Waals surface area contributed by atoms with Gasteiger partial charge >= 0.3 is 0 Å². The molecule has 0 atom stereocenters. The van der Waals surface area contributed by atoms with E-state index in [1.165, 1.54) is 5.56 Å². The van der Waals surface area contributed by atoms with Crippen LogP contribution in [0.3, 0.4) is 0 Å². The molecule has 1 aliphatic heterocycles. The van der Waals surface area contributed by atoms with Gasteiger partial charge in [0, 0.05) is 32.0 Å². The number of hydrogen-bond donors (Lipinski definition) is 2. The molecule has 5 nitrogen and oxygen atoms in total. The number of nitrogens with zero attached hydrogens (tertiary/aromatic N) is 1. The third-order valence-corrected chi connectivity index (χ3v) is 4.50. The SMILES string of the molecule is Cc1cc(C)c(NC(=O)CN2CCC(OCCCO)CC2)c(C)c1. The van der Waals surface area contributed by atoms with Gasteiger partial charge in [-0.3, -0.25) is 9.69 Å². The summed E-state index contributed by atoms with van der Waals surface area (Å²) in [7, 11) is 0. The second-order valence-corrected chi connectivity index (χ2v) is 6.75. The Hall–Kier alpha value is -1.43. The molecule has 1 saturated heterocycles. The van der Waals surface area contributed by atoms with Gasteiger partial charge in [0.1, 0.15) is 0 Å². The Kier molecular flexibility index (Phi) is 7.21. The van der Waals surface area contributed by atoms with Crippen LogP contribution in [0.2, 0.25) is 0 Å². The molecule has 134 valence electrons. The molecule has 1 heterocycles. The lowest BCUT2D eigenvalue weighted by Crippen LogP contribution is -2.41. The van der Waals surface area contributed by atoms with E-state index in [1.807, 2.05) is 13.8 Å². The average molecular weight is 334 g/mol. The first kappa shape index (κ1) is 18.9. The van der Waals surface area contributed by atoms with Crippen LogP contribution in [-0.2, 0) is 9.53 Å². The average Bonchev–Trinajstić information content (AvgIpc) is 2.53. The molecule has 2 rings (SSSR count). The fourth-order valence-corrected chi connectivity index (χ4v) is 3.31. The van der Waals surface area contributed by atoms with Crippen LogP contribution in [0.5, 0.6) is 0 Å². The van der Waals surface area contributed by atoms with Crippen molar-refractivity contribution in [3.63, 3.8) is 0 Å². The zero-order chi connectivity index (χ0) is 17.5. The van der Waals surface area contributed by atoms with Crippen LogP contribution in [-0.4, -0.2) is 54.9 Å². The van der Waals surface area contributed by atoms with Crippen LogP contribution >= 0.6 is 0 Å². The van der Waals surface area contributed by atoms with Gasteiger partial charge in [-0.25, -0.2) is 0 Å². The van der Waals surface area contributed by atoms with Crippen molar-refractivity contribution in [2.24, 2.45) is 0 Å². The minimum Gasteiger partial charge on any atom is -0.396 e. The van der Waals surface area contributed by atoms with E-state index in [0.717, 1.165) is 42.7 Å². The number of nitrogens with one attached hydrogen (secondary N) is 1. The fourth-order valence-electron chi connectivity index (χ4n) is 3.31. The summed E-state index contributed by atoms with van der Waals surface area (Å²) in [4.78, 5) is 14.5. The number of aliphatic hydroxyl groups is 1. The lowest BCUT2D eigenvalue weighted by Gasteiger charge is -2.31. The number of carbonyl (C=O) groups is 1. The van der Waals surface area contributed by atoms with Gasteiger partial charge in [-0.15, -0.1) is 0 Å². The van der Waals surface area contributed by atoms with Crippen molar-refractivity contribution in [3.8, 4) is 0 Å². The lowest BCUT2D eigenvalue weighted by atomic mass is 10.0. The zero-order valence-electron chi connectivity index (χ0n) is 15.1. The molecular formula is C19H30N2O3. The van der Waals surface area contributed by atoms with Gasteiger partial charge in [0.15, 0.2) is 0 Å². The fraction of sp³-hybridized carbons (Fsp3) is 0.632. The van der Waals surface area contributed by atoms with Gasteiger partial charge in [0.05, 0.1) is 12.6 Å². The standard InChI is InChI=1S/C19H30N2O3/c1-14-11-15(2)19(16(3)12-14)20-18(23)13-21-7-5-17(6-8-21)24-10-4-9-22/h11-12,17,22H,4-10,13H2,1-3H3,(H,20,23). The van der Waals surface area contributed by atoms with Crippen LogP contribution < -0.4 is 5.32 Å². The minimum atomic E-state index is 0.0460. The van der Waals surface area contributed by atoms with Crippen LogP contribution in [0, 0.1) is 20.8 Å². The molecular weight excluding hydrogens is 304 g/mol. The van der Waals surface area contributed by atoms with Crippen molar-refractivity contribution in [2.75, 3.05) is 38.2 Å². The highest BCUT2D eigenvalue weighted by Crippen LogP contribution is 2.22. The summed E-state index contributed by atoms with van der Waals surface area (Å²) < 4.78 is 5.73. The Morgan fingerprint density at radius 2 is 1.88 bits per heavy atom. The van der Waals surface area contributed by atoms with Gasteiger partial charge < -0.3 is 15.2 Å². The van der Waals surface area contributed by atoms with E-state index < -0.39 is 0 Å². The van der Waals surface area contributed by atoms with E-state index in [4.69, 9.17) is 9.84 Å². The molecule has 0 spiro atoms. The Morgan fingerprint density at radius 1 is 1.25 bits per heavy atom. The Morgan fingerprint density at radius 3 is 2.46 bits per heavy atom. The molecule has 1 amide bonds. The first-order valence-corrected chi connectivity index (χ1v) is 8.82. The maximum Gasteiger partial charge on any atom is 0.238 e. The minimum absolute atomic E-state index is 0.0460. The highest BCUT2D eigenvalue weighted by molar-refractivity contribution is 5.93. The van der Waals surface area contributed by atoms with Crippen molar-refractivity contribution < 1.29 is 14.6 Å². The molecule has 0 radical (unpaired) electrons. The van der Waals surface area contributed by atoms with E-state index in [-0.39, 0.29) is 18.6 Å². The number of aryl methyl sites for hydroxylation is 3. The topological polar surface area (TPSA) is 61.8 Å². The predicted molar refractivity (Wildman–Crippen MR) is 96.4 cm³/mol. The first-order chi connectivity index (χ1) is 11.5. The van der Waals surface area contributed by atoms with Crippen molar-refractivity contribution in [1.29, 1.82) is 0 Å². The summed E-state index contributed by atoms with van der Waals surface area (Å²) in [5.74, 6) is 0.0460. The summed E-state index contributed by atoms with van der Waals surface area (Å²) in [6.45, 7) is 9.11. The quantitative estimate of drug-likeness (QED) is 0.752. The zero-order valence-corrected chi connectivity index (χ0v) is 15.1. The predicted octanol–water partition coefficient (Wildman–Crippen LogP) is 2.41. The molecule has 2 N–H and O–H groups in total. The Balaban J connectivity index is 1.78. The number of likely N-dealkylation sites (tertiary alicyclic amines) is 1. The number of hydrogen-bond acceptors (Lipinski definition) is 4. The number of anilines is 1. The Bertz CT molecular complexity index is 529. The monoisotopic (exact) mass is 334 g/mol. The first-order valence-electron chi connectivity index (χ1n) is 8.82. The van der Waals surface area contributed by atoms with Crippen LogP contribution in [0.25, 0.3) is 0 Å². The van der Waals surface area contributed by atoms with Crippen molar-refractivity contribution in [2.45, 2.75) is 46.1 Å². The number of aliphatic hydroxyl groups excluding tert-OH is 1. The third-order valence-electron chi connectivity index (χ3n) is 4.50. The van der Waals surface area contributed by atoms with Crippen LogP contribution in [0.1, 0.15) is 36.0 Å². The molecule has 0 aliphatic carbocycles. The number of amides is 1. The molecule has 5 heteroatoms. The van der Waals surface area contributed by atoms with Crippen molar-refractivity contribution in [3.05, 3.63) is 28.8 Å². The van der Waals surface area contributed by atoms with Gasteiger partial charge in [-0.1, -0.05) is 17.7 Å².